The van der Waals surface area contributed by atoms with Gasteiger partial charge >= 0.3 is 0 Å². The monoisotopic (exact) mass is 452 g/mol. The van der Waals surface area contributed by atoms with Crippen molar-refractivity contribution in [1.82, 2.24) is 0 Å². The molecule has 0 heterocycles. The van der Waals surface area contributed by atoms with Crippen LogP contribution in [0.3, 0.4) is 0 Å². The topological polar surface area (TPSA) is 75.7 Å². The summed E-state index contributed by atoms with van der Waals surface area (Å²) in [4.78, 5) is 13.2. The minimum Gasteiger partial charge on any atom is -0.492 e. The van der Waals surface area contributed by atoms with Crippen LogP contribution in [0.15, 0.2) is 71.6 Å². The lowest BCUT2D eigenvalue weighted by atomic mass is 10.1. The number of para-hydroxylation sites is 2. The van der Waals surface area contributed by atoms with Crippen LogP contribution in [-0.2, 0) is 14.8 Å². The highest BCUT2D eigenvalue weighted by molar-refractivity contribution is 7.92. The fraction of sp³-hybridized carbons (Fsp3) is 0.240. The maximum atomic E-state index is 13.5. The third-order valence-electron chi connectivity index (χ3n) is 4.99. The van der Waals surface area contributed by atoms with Crippen LogP contribution in [0.1, 0.15) is 23.6 Å². The molecule has 32 heavy (non-hydrogen) atoms. The molecule has 0 atom stereocenters. The molecule has 0 aliphatic heterocycles. The fourth-order valence-electron chi connectivity index (χ4n) is 3.65. The van der Waals surface area contributed by atoms with E-state index in [4.69, 9.17) is 4.74 Å². The van der Waals surface area contributed by atoms with Gasteiger partial charge in [0.1, 0.15) is 12.3 Å². The van der Waals surface area contributed by atoms with E-state index < -0.39 is 22.5 Å². The molecule has 1 N–H and O–H groups in total. The molecule has 0 unspecified atom stereocenters. The first-order valence-electron chi connectivity index (χ1n) is 10.4. The number of anilines is 2. The number of sulfonamides is 1. The average Bonchev–Trinajstić information content (AvgIpc) is 2.76. The molecule has 3 aromatic rings. The largest absolute Gasteiger partial charge is 0.492 e. The van der Waals surface area contributed by atoms with Gasteiger partial charge in [-0.25, -0.2) is 8.42 Å². The lowest BCUT2D eigenvalue weighted by Crippen LogP contribution is -2.38. The Hall–Kier alpha value is -3.32. The van der Waals surface area contributed by atoms with E-state index in [1.807, 2.05) is 39.8 Å². The highest BCUT2D eigenvalue weighted by Gasteiger charge is 2.29. The zero-order valence-corrected chi connectivity index (χ0v) is 19.6. The SMILES string of the molecule is CCOc1ccccc1N(CC(=O)Nc1c(C)cc(C)cc1C)S(=O)(=O)c1ccccc1. The van der Waals surface area contributed by atoms with Gasteiger partial charge < -0.3 is 10.1 Å². The second kappa shape index (κ2) is 9.87. The van der Waals surface area contributed by atoms with Crippen LogP contribution in [0.4, 0.5) is 11.4 Å². The zero-order valence-electron chi connectivity index (χ0n) is 18.8. The summed E-state index contributed by atoms with van der Waals surface area (Å²) in [6.07, 6.45) is 0. The number of hydrogen-bond donors (Lipinski definition) is 1. The quantitative estimate of drug-likeness (QED) is 0.530. The third kappa shape index (κ3) is 5.11. The maximum absolute atomic E-state index is 13.5. The Morgan fingerprint density at radius 1 is 0.938 bits per heavy atom. The molecule has 0 spiro atoms. The predicted molar refractivity (Wildman–Crippen MR) is 128 cm³/mol. The molecule has 6 nitrogen and oxygen atoms in total. The number of ether oxygens (including phenoxy) is 1. The van der Waals surface area contributed by atoms with Crippen LogP contribution < -0.4 is 14.4 Å². The van der Waals surface area contributed by atoms with Gasteiger partial charge in [-0.15, -0.1) is 0 Å². The smallest absolute Gasteiger partial charge is 0.264 e. The van der Waals surface area contributed by atoms with E-state index in [1.165, 1.54) is 12.1 Å². The van der Waals surface area contributed by atoms with Gasteiger partial charge in [-0.2, -0.15) is 0 Å². The third-order valence-corrected chi connectivity index (χ3v) is 6.77. The summed E-state index contributed by atoms with van der Waals surface area (Å²) in [5, 5.41) is 2.90. The van der Waals surface area contributed by atoms with E-state index in [-0.39, 0.29) is 4.90 Å². The summed E-state index contributed by atoms with van der Waals surface area (Å²) in [6, 6.07) is 18.8. The predicted octanol–water partition coefficient (Wildman–Crippen LogP) is 4.84. The average molecular weight is 453 g/mol. The number of amides is 1. The van der Waals surface area contributed by atoms with Crippen LogP contribution >= 0.6 is 0 Å². The van der Waals surface area contributed by atoms with Crippen LogP contribution in [-0.4, -0.2) is 27.5 Å². The molecule has 0 saturated carbocycles. The normalized spacial score (nSPS) is 11.1. The lowest BCUT2D eigenvalue weighted by molar-refractivity contribution is -0.114. The van der Waals surface area contributed by atoms with Crippen LogP contribution in [0.5, 0.6) is 5.75 Å². The first-order chi connectivity index (χ1) is 15.2. The second-order valence-corrected chi connectivity index (χ2v) is 9.41. The molecular formula is C25H28N2O4S. The Labute approximate surface area is 189 Å². The Bertz CT molecular complexity index is 1180. The van der Waals surface area contributed by atoms with Gasteiger partial charge in [0, 0.05) is 5.69 Å². The highest BCUT2D eigenvalue weighted by atomic mass is 32.2. The van der Waals surface area contributed by atoms with Crippen molar-refractivity contribution < 1.29 is 17.9 Å². The first-order valence-corrected chi connectivity index (χ1v) is 11.9. The molecule has 0 fully saturated rings. The molecule has 0 aliphatic rings. The number of benzene rings is 3. The molecule has 0 aromatic heterocycles. The Kier molecular flexibility index (Phi) is 7.20. The van der Waals surface area contributed by atoms with Gasteiger partial charge in [0.15, 0.2) is 0 Å². The number of hydrogen-bond acceptors (Lipinski definition) is 4. The minimum absolute atomic E-state index is 0.0989. The molecule has 0 bridgehead atoms. The van der Waals surface area contributed by atoms with Gasteiger partial charge in [-0.05, 0) is 63.1 Å². The van der Waals surface area contributed by atoms with Crippen molar-refractivity contribution in [2.24, 2.45) is 0 Å². The number of rotatable bonds is 8. The number of nitrogens with one attached hydrogen (secondary N) is 1. The van der Waals surface area contributed by atoms with Crippen molar-refractivity contribution in [1.29, 1.82) is 0 Å². The lowest BCUT2D eigenvalue weighted by Gasteiger charge is -2.26. The summed E-state index contributed by atoms with van der Waals surface area (Å²) in [5.74, 6) is -0.0455. The van der Waals surface area contributed by atoms with E-state index in [9.17, 15) is 13.2 Å². The van der Waals surface area contributed by atoms with Crippen molar-refractivity contribution in [3.63, 3.8) is 0 Å². The first kappa shape index (κ1) is 23.3. The Morgan fingerprint density at radius 2 is 1.53 bits per heavy atom. The summed E-state index contributed by atoms with van der Waals surface area (Å²) < 4.78 is 33.9. The highest BCUT2D eigenvalue weighted by Crippen LogP contribution is 2.32. The molecule has 3 aromatic carbocycles. The van der Waals surface area contributed by atoms with Gasteiger partial charge in [0.25, 0.3) is 10.0 Å². The molecular weight excluding hydrogens is 424 g/mol. The summed E-state index contributed by atoms with van der Waals surface area (Å²) in [5.41, 5.74) is 3.93. The van der Waals surface area contributed by atoms with E-state index in [1.54, 1.807) is 42.5 Å². The van der Waals surface area contributed by atoms with E-state index in [0.717, 1.165) is 21.0 Å². The zero-order chi connectivity index (χ0) is 23.3. The number of aryl methyl sites for hydroxylation is 3. The Morgan fingerprint density at radius 3 is 2.16 bits per heavy atom. The van der Waals surface area contributed by atoms with Crippen LogP contribution in [0, 0.1) is 20.8 Å². The minimum atomic E-state index is -4.02. The van der Waals surface area contributed by atoms with Gasteiger partial charge in [-0.3, -0.25) is 9.10 Å². The standard InChI is InChI=1S/C25H28N2O4S/c1-5-31-23-14-10-9-13-22(23)27(32(29,30)21-11-7-6-8-12-21)17-24(28)26-25-19(3)15-18(2)16-20(25)4/h6-16H,5,17H2,1-4H3,(H,26,28). The number of carbonyl (C=O) groups is 1. The van der Waals surface area contributed by atoms with E-state index in [2.05, 4.69) is 5.32 Å². The summed E-state index contributed by atoms with van der Waals surface area (Å²) >= 11 is 0. The summed E-state index contributed by atoms with van der Waals surface area (Å²) in [6.45, 7) is 7.61. The molecule has 7 heteroatoms. The molecule has 168 valence electrons. The van der Waals surface area contributed by atoms with Crippen molar-refractivity contribution in [3.05, 3.63) is 83.4 Å². The van der Waals surface area contributed by atoms with Crippen LogP contribution in [0.2, 0.25) is 0 Å². The van der Waals surface area contributed by atoms with Gasteiger partial charge in [0.2, 0.25) is 5.91 Å². The van der Waals surface area contributed by atoms with Crippen molar-refractivity contribution in [2.45, 2.75) is 32.6 Å². The Balaban J connectivity index is 2.02. The van der Waals surface area contributed by atoms with Gasteiger partial charge in [-0.1, -0.05) is 48.0 Å². The number of nitrogens with zero attached hydrogens (tertiary/aromatic N) is 1. The molecule has 0 radical (unpaired) electrons. The molecule has 0 saturated heterocycles. The van der Waals surface area contributed by atoms with Crippen LogP contribution in [0.25, 0.3) is 0 Å². The van der Waals surface area contributed by atoms with E-state index in [0.29, 0.717) is 23.7 Å². The maximum Gasteiger partial charge on any atom is 0.264 e. The molecule has 1 amide bonds. The molecule has 3 rings (SSSR count). The van der Waals surface area contributed by atoms with Crippen molar-refractivity contribution >= 4 is 27.3 Å². The second-order valence-electron chi connectivity index (χ2n) is 7.55. The summed E-state index contributed by atoms with van der Waals surface area (Å²) in [7, 11) is -4.02. The van der Waals surface area contributed by atoms with Crippen molar-refractivity contribution in [3.8, 4) is 5.75 Å². The van der Waals surface area contributed by atoms with Crippen molar-refractivity contribution in [2.75, 3.05) is 22.8 Å². The van der Waals surface area contributed by atoms with E-state index >= 15 is 0 Å². The fourth-order valence-corrected chi connectivity index (χ4v) is 5.10. The molecule has 0 aliphatic carbocycles. The van der Waals surface area contributed by atoms with Gasteiger partial charge in [0.05, 0.1) is 17.2 Å². The number of carbonyl (C=O) groups excluding carboxylic acids is 1.